The van der Waals surface area contributed by atoms with E-state index in [4.69, 9.17) is 11.6 Å². The average Bonchev–Trinajstić information content (AvgIpc) is 2.69. The summed E-state index contributed by atoms with van der Waals surface area (Å²) in [5.41, 5.74) is 0. The van der Waals surface area contributed by atoms with E-state index >= 15 is 0 Å². The predicted molar refractivity (Wildman–Crippen MR) is 47.4 cm³/mol. The van der Waals surface area contributed by atoms with Crippen molar-refractivity contribution < 1.29 is 9.59 Å². The van der Waals surface area contributed by atoms with Gasteiger partial charge in [-0.15, -0.1) is 11.6 Å². The normalized spacial score (nSPS) is 18.8. The Hall–Kier alpha value is -0.370. The van der Waals surface area contributed by atoms with Crippen LogP contribution in [0.15, 0.2) is 0 Å². The molecule has 0 spiro atoms. The second-order valence-corrected chi connectivity index (χ2v) is 4.08. The summed E-state index contributed by atoms with van der Waals surface area (Å²) in [6.07, 6.45) is 2.83. The van der Waals surface area contributed by atoms with Crippen LogP contribution >= 0.6 is 11.6 Å². The van der Waals surface area contributed by atoms with Crippen molar-refractivity contribution in [3.05, 3.63) is 0 Å². The van der Waals surface area contributed by atoms with E-state index in [1.54, 1.807) is 0 Å². The van der Waals surface area contributed by atoms with Gasteiger partial charge in [-0.3, -0.25) is 9.59 Å². The van der Waals surface area contributed by atoms with Crippen LogP contribution in [0.2, 0.25) is 0 Å². The average molecular weight is 189 g/mol. The third-order valence-corrected chi connectivity index (χ3v) is 2.66. The number of hydrogen-bond acceptors (Lipinski definition) is 2. The van der Waals surface area contributed by atoms with Crippen LogP contribution in [-0.2, 0) is 9.59 Å². The molecule has 1 aliphatic carbocycles. The topological polar surface area (TPSA) is 34.1 Å². The first-order chi connectivity index (χ1) is 5.58. The minimum Gasteiger partial charge on any atom is -0.299 e. The maximum atomic E-state index is 11.3. The number of halogens is 1. The molecule has 1 aliphatic rings. The number of hydrogen-bond donors (Lipinski definition) is 0. The van der Waals surface area contributed by atoms with Gasteiger partial charge < -0.3 is 0 Å². The molecule has 1 fully saturated rings. The predicted octanol–water partition coefficient (Wildman–Crippen LogP) is 2.09. The first-order valence-corrected chi connectivity index (χ1v) is 4.70. The molecule has 0 radical (unpaired) electrons. The number of alkyl halides is 1. The van der Waals surface area contributed by atoms with Gasteiger partial charge in [0.15, 0.2) is 5.78 Å². The Morgan fingerprint density at radius 2 is 2.00 bits per heavy atom. The highest BCUT2D eigenvalue weighted by Gasteiger charge is 2.47. The van der Waals surface area contributed by atoms with Gasteiger partial charge in [-0.2, -0.15) is 0 Å². The molecular weight excluding hydrogens is 176 g/mol. The van der Waals surface area contributed by atoms with Crippen molar-refractivity contribution in [3.8, 4) is 0 Å². The lowest BCUT2D eigenvalue weighted by molar-refractivity contribution is -0.127. The second kappa shape index (κ2) is 3.56. The molecule has 0 aliphatic heterocycles. The number of ketones is 2. The SMILES string of the molecule is CCCC(=O)CC(=O)C1(Cl)CC1. The highest BCUT2D eigenvalue weighted by atomic mass is 35.5. The molecule has 0 aromatic carbocycles. The van der Waals surface area contributed by atoms with Gasteiger partial charge >= 0.3 is 0 Å². The summed E-state index contributed by atoms with van der Waals surface area (Å²) in [6, 6.07) is 0. The van der Waals surface area contributed by atoms with Gasteiger partial charge in [-0.25, -0.2) is 0 Å². The Morgan fingerprint density at radius 1 is 1.42 bits per heavy atom. The van der Waals surface area contributed by atoms with E-state index in [0.29, 0.717) is 6.42 Å². The maximum absolute atomic E-state index is 11.3. The lowest BCUT2D eigenvalue weighted by atomic mass is 10.1. The lowest BCUT2D eigenvalue weighted by Crippen LogP contribution is -2.19. The van der Waals surface area contributed by atoms with Crippen LogP contribution in [0.25, 0.3) is 0 Å². The molecular formula is C9H13ClO2. The van der Waals surface area contributed by atoms with Gasteiger partial charge in [-0.1, -0.05) is 6.92 Å². The van der Waals surface area contributed by atoms with Crippen LogP contribution in [-0.4, -0.2) is 16.4 Å². The molecule has 1 rings (SSSR count). The molecule has 0 bridgehead atoms. The van der Waals surface area contributed by atoms with E-state index in [0.717, 1.165) is 19.3 Å². The molecule has 0 aromatic heterocycles. The Morgan fingerprint density at radius 3 is 2.42 bits per heavy atom. The molecule has 1 saturated carbocycles. The first-order valence-electron chi connectivity index (χ1n) is 4.32. The smallest absolute Gasteiger partial charge is 0.161 e. The Balaban J connectivity index is 2.31. The number of Topliss-reactive ketones (excluding diaryl/α,β-unsaturated/α-hetero) is 2. The highest BCUT2D eigenvalue weighted by molar-refractivity contribution is 6.38. The molecule has 0 atom stereocenters. The molecule has 3 heteroatoms. The fourth-order valence-electron chi connectivity index (χ4n) is 1.09. The standard InChI is InChI=1S/C9H13ClO2/c1-2-3-7(11)6-8(12)9(10)4-5-9/h2-6H2,1H3. The lowest BCUT2D eigenvalue weighted by Gasteiger charge is -2.02. The zero-order valence-corrected chi connectivity index (χ0v) is 7.99. The fourth-order valence-corrected chi connectivity index (χ4v) is 1.25. The summed E-state index contributed by atoms with van der Waals surface area (Å²) in [5, 5.41) is 0. The third-order valence-electron chi connectivity index (χ3n) is 2.08. The van der Waals surface area contributed by atoms with Gasteiger partial charge in [0, 0.05) is 6.42 Å². The van der Waals surface area contributed by atoms with Crippen molar-refractivity contribution in [2.24, 2.45) is 0 Å². The summed E-state index contributed by atoms with van der Waals surface area (Å²) in [7, 11) is 0. The molecule has 0 N–H and O–H groups in total. The number of rotatable bonds is 5. The molecule has 0 unspecified atom stereocenters. The quantitative estimate of drug-likeness (QED) is 0.489. The van der Waals surface area contributed by atoms with Gasteiger partial charge in [0.1, 0.15) is 10.7 Å². The summed E-state index contributed by atoms with van der Waals surface area (Å²) in [4.78, 5) is 21.7. The minimum atomic E-state index is -0.649. The van der Waals surface area contributed by atoms with Crippen molar-refractivity contribution in [1.82, 2.24) is 0 Å². The molecule has 0 aromatic rings. The Labute approximate surface area is 77.3 Å². The van der Waals surface area contributed by atoms with Crippen LogP contribution in [0.4, 0.5) is 0 Å². The van der Waals surface area contributed by atoms with Crippen molar-refractivity contribution in [2.75, 3.05) is 0 Å². The van der Waals surface area contributed by atoms with Crippen LogP contribution in [0.1, 0.15) is 39.0 Å². The molecule has 0 amide bonds. The highest BCUT2D eigenvalue weighted by Crippen LogP contribution is 2.44. The van der Waals surface area contributed by atoms with E-state index in [-0.39, 0.29) is 18.0 Å². The van der Waals surface area contributed by atoms with Gasteiger partial charge in [0.2, 0.25) is 0 Å². The largest absolute Gasteiger partial charge is 0.299 e. The Kier molecular flexibility index (Phi) is 2.89. The van der Waals surface area contributed by atoms with E-state index in [1.165, 1.54) is 0 Å². The van der Waals surface area contributed by atoms with Crippen LogP contribution in [0, 0.1) is 0 Å². The molecule has 2 nitrogen and oxygen atoms in total. The van der Waals surface area contributed by atoms with Crippen LogP contribution in [0.5, 0.6) is 0 Å². The van der Waals surface area contributed by atoms with Gasteiger partial charge in [-0.05, 0) is 19.3 Å². The summed E-state index contributed by atoms with van der Waals surface area (Å²) >= 11 is 5.84. The second-order valence-electron chi connectivity index (χ2n) is 3.35. The van der Waals surface area contributed by atoms with E-state index in [1.807, 2.05) is 6.92 Å². The third kappa shape index (κ3) is 2.31. The van der Waals surface area contributed by atoms with Crippen molar-refractivity contribution in [2.45, 2.75) is 43.9 Å². The first kappa shape index (κ1) is 9.72. The number of carbonyl (C=O) groups is 2. The minimum absolute atomic E-state index is 0.0226. The fraction of sp³-hybridized carbons (Fsp3) is 0.778. The van der Waals surface area contributed by atoms with Crippen LogP contribution < -0.4 is 0 Å². The molecule has 68 valence electrons. The van der Waals surface area contributed by atoms with Crippen molar-refractivity contribution in [1.29, 1.82) is 0 Å². The van der Waals surface area contributed by atoms with E-state index < -0.39 is 4.87 Å². The summed E-state index contributed by atoms with van der Waals surface area (Å²) in [6.45, 7) is 1.93. The summed E-state index contributed by atoms with van der Waals surface area (Å²) in [5.74, 6) is -0.0583. The zero-order chi connectivity index (χ0) is 9.19. The monoisotopic (exact) mass is 188 g/mol. The maximum Gasteiger partial charge on any atom is 0.161 e. The van der Waals surface area contributed by atoms with Crippen LogP contribution in [0.3, 0.4) is 0 Å². The van der Waals surface area contributed by atoms with Gasteiger partial charge in [0.25, 0.3) is 0 Å². The Bertz CT molecular complexity index is 207. The van der Waals surface area contributed by atoms with Crippen molar-refractivity contribution >= 4 is 23.2 Å². The van der Waals surface area contributed by atoms with E-state index in [9.17, 15) is 9.59 Å². The molecule has 12 heavy (non-hydrogen) atoms. The number of carbonyl (C=O) groups excluding carboxylic acids is 2. The zero-order valence-electron chi connectivity index (χ0n) is 7.23. The van der Waals surface area contributed by atoms with E-state index in [2.05, 4.69) is 0 Å². The summed E-state index contributed by atoms with van der Waals surface area (Å²) < 4.78 is 0. The molecule has 0 heterocycles. The van der Waals surface area contributed by atoms with Crippen molar-refractivity contribution in [3.63, 3.8) is 0 Å². The molecule has 0 saturated heterocycles. The van der Waals surface area contributed by atoms with Gasteiger partial charge in [0.05, 0.1) is 6.42 Å².